The van der Waals surface area contributed by atoms with Crippen molar-refractivity contribution in [2.75, 3.05) is 45.6 Å². The Hall–Kier alpha value is -0.130. The van der Waals surface area contributed by atoms with E-state index in [2.05, 4.69) is 20.3 Å². The van der Waals surface area contributed by atoms with Crippen molar-refractivity contribution >= 4 is 40.0 Å². The van der Waals surface area contributed by atoms with Crippen molar-refractivity contribution in [1.82, 2.24) is 15.4 Å². The highest BCUT2D eigenvalue weighted by Crippen LogP contribution is 1.89. The highest BCUT2D eigenvalue weighted by atomic mass is 127. The van der Waals surface area contributed by atoms with Crippen molar-refractivity contribution in [1.29, 1.82) is 0 Å². The van der Waals surface area contributed by atoms with Crippen molar-refractivity contribution in [3.63, 3.8) is 0 Å². The lowest BCUT2D eigenvalue weighted by atomic mass is 10.3. The van der Waals surface area contributed by atoms with Crippen LogP contribution in [0.2, 0.25) is 0 Å². The maximum Gasteiger partial charge on any atom is 0.208 e. The smallest absolute Gasteiger partial charge is 0.208 e. The van der Waals surface area contributed by atoms with Crippen LogP contribution in [0.15, 0.2) is 4.99 Å². The van der Waals surface area contributed by atoms with E-state index in [0.29, 0.717) is 19.5 Å². The second kappa shape index (κ2) is 15.8. The van der Waals surface area contributed by atoms with Crippen LogP contribution < -0.4 is 15.4 Å². The van der Waals surface area contributed by atoms with Crippen molar-refractivity contribution < 1.29 is 13.2 Å². The summed E-state index contributed by atoms with van der Waals surface area (Å²) in [6.45, 7) is 8.20. The number of nitrogens with zero attached hydrogens (tertiary/aromatic N) is 1. The first-order valence-electron chi connectivity index (χ1n) is 7.54. The number of hydrogen-bond acceptors (Lipinski definition) is 4. The molecule has 0 unspecified atom stereocenters. The van der Waals surface area contributed by atoms with Gasteiger partial charge in [-0.1, -0.05) is 0 Å². The summed E-state index contributed by atoms with van der Waals surface area (Å²) >= 11 is 0. The van der Waals surface area contributed by atoms with Crippen LogP contribution in [0.25, 0.3) is 0 Å². The molecule has 0 rings (SSSR count). The summed E-state index contributed by atoms with van der Waals surface area (Å²) in [5.74, 6) is 0.772. The molecule has 0 saturated heterocycles. The third-order valence-electron chi connectivity index (χ3n) is 2.53. The maximum atomic E-state index is 10.9. The molecule has 0 atom stereocenters. The van der Waals surface area contributed by atoms with Crippen LogP contribution >= 0.6 is 24.0 Å². The lowest BCUT2D eigenvalue weighted by Gasteiger charge is -2.11. The summed E-state index contributed by atoms with van der Waals surface area (Å²) in [4.78, 5) is 4.40. The first kappa shape index (κ1) is 24.1. The molecule has 0 aliphatic heterocycles. The largest absolute Gasteiger partial charge is 0.382 e. The topological polar surface area (TPSA) is 91.8 Å². The molecule has 0 heterocycles. The van der Waals surface area contributed by atoms with Gasteiger partial charge in [0.2, 0.25) is 10.0 Å². The van der Waals surface area contributed by atoms with E-state index >= 15 is 0 Å². The Morgan fingerprint density at radius 3 is 2.41 bits per heavy atom. The number of sulfonamides is 1. The summed E-state index contributed by atoms with van der Waals surface area (Å²) < 4.78 is 29.5. The Labute approximate surface area is 152 Å². The van der Waals surface area contributed by atoms with Crippen molar-refractivity contribution in [3.05, 3.63) is 0 Å². The first-order chi connectivity index (χ1) is 9.99. The summed E-state index contributed by atoms with van der Waals surface area (Å²) in [6.07, 6.45) is 3.89. The molecule has 22 heavy (non-hydrogen) atoms. The van der Waals surface area contributed by atoms with Gasteiger partial charge in [0.25, 0.3) is 0 Å². The number of unbranched alkanes of at least 4 members (excludes halogenated alkanes) is 1. The molecule has 0 amide bonds. The highest BCUT2D eigenvalue weighted by Gasteiger charge is 1.99. The Bertz CT molecular complexity index is 377. The van der Waals surface area contributed by atoms with Gasteiger partial charge in [-0.05, 0) is 33.1 Å². The summed E-state index contributed by atoms with van der Waals surface area (Å²) in [6, 6.07) is 0. The minimum atomic E-state index is -3.10. The van der Waals surface area contributed by atoms with Crippen molar-refractivity contribution in [2.45, 2.75) is 33.1 Å². The Kier molecular flexibility index (Phi) is 17.3. The van der Waals surface area contributed by atoms with E-state index in [-0.39, 0.29) is 24.0 Å². The molecule has 0 radical (unpaired) electrons. The van der Waals surface area contributed by atoms with Crippen molar-refractivity contribution in [3.8, 4) is 0 Å². The van der Waals surface area contributed by atoms with Gasteiger partial charge in [0.1, 0.15) is 0 Å². The molecule has 0 spiro atoms. The molecule has 0 saturated carbocycles. The average Bonchev–Trinajstić information content (AvgIpc) is 2.40. The summed E-state index contributed by atoms with van der Waals surface area (Å²) in [5.41, 5.74) is 0. The van der Waals surface area contributed by atoms with Gasteiger partial charge in [0.15, 0.2) is 5.96 Å². The lowest BCUT2D eigenvalue weighted by molar-refractivity contribution is 0.143. The number of rotatable bonds is 12. The third-order valence-corrected chi connectivity index (χ3v) is 3.25. The van der Waals surface area contributed by atoms with Gasteiger partial charge in [-0.3, -0.25) is 4.99 Å². The predicted octanol–water partition coefficient (Wildman–Crippen LogP) is 0.916. The fourth-order valence-corrected chi connectivity index (χ4v) is 2.06. The molecule has 3 N–H and O–H groups in total. The SMILES string of the molecule is CCNC(=NCCCNS(C)(=O)=O)NCCCCOCC.I. The van der Waals surface area contributed by atoms with Crippen molar-refractivity contribution in [2.24, 2.45) is 4.99 Å². The fourth-order valence-electron chi connectivity index (χ4n) is 1.55. The van der Waals surface area contributed by atoms with E-state index in [4.69, 9.17) is 4.74 Å². The van der Waals surface area contributed by atoms with Gasteiger partial charge in [-0.25, -0.2) is 13.1 Å². The molecule has 0 aliphatic rings. The number of ether oxygens (including phenoxy) is 1. The maximum absolute atomic E-state index is 10.9. The van der Waals surface area contributed by atoms with Gasteiger partial charge in [-0.15, -0.1) is 24.0 Å². The Balaban J connectivity index is 0. The zero-order chi connectivity index (χ0) is 16.0. The van der Waals surface area contributed by atoms with Crippen LogP contribution in [0.1, 0.15) is 33.1 Å². The van der Waals surface area contributed by atoms with Gasteiger partial charge >= 0.3 is 0 Å². The van der Waals surface area contributed by atoms with E-state index in [1.54, 1.807) is 0 Å². The zero-order valence-electron chi connectivity index (χ0n) is 13.9. The highest BCUT2D eigenvalue weighted by molar-refractivity contribution is 14.0. The van der Waals surface area contributed by atoms with Gasteiger partial charge in [-0.2, -0.15) is 0 Å². The number of halogens is 1. The molecule has 0 bridgehead atoms. The Morgan fingerprint density at radius 2 is 1.82 bits per heavy atom. The van der Waals surface area contributed by atoms with Gasteiger partial charge in [0.05, 0.1) is 6.26 Å². The van der Waals surface area contributed by atoms with Gasteiger partial charge < -0.3 is 15.4 Å². The standard InChI is InChI=1S/C13H30N4O3S.HI/c1-4-14-13(15-9-6-7-12-20-5-2)16-10-8-11-17-21(3,18)19;/h17H,4-12H2,1-3H3,(H2,14,15,16);1H. The zero-order valence-corrected chi connectivity index (χ0v) is 17.0. The van der Waals surface area contributed by atoms with Gasteiger partial charge in [0, 0.05) is 39.4 Å². The summed E-state index contributed by atoms with van der Waals surface area (Å²) in [5, 5.41) is 6.41. The molecule has 0 fully saturated rings. The van der Waals surface area contributed by atoms with Crippen LogP contribution in [0.3, 0.4) is 0 Å². The van der Waals surface area contributed by atoms with E-state index in [0.717, 1.165) is 51.4 Å². The Morgan fingerprint density at radius 1 is 1.09 bits per heavy atom. The fraction of sp³-hybridized carbons (Fsp3) is 0.923. The van der Waals surface area contributed by atoms with E-state index in [9.17, 15) is 8.42 Å². The minimum absolute atomic E-state index is 0. The van der Waals surface area contributed by atoms with Crippen LogP contribution in [-0.4, -0.2) is 60.0 Å². The molecule has 0 aromatic heterocycles. The lowest BCUT2D eigenvalue weighted by Crippen LogP contribution is -2.38. The molecule has 0 aromatic carbocycles. The third kappa shape index (κ3) is 17.9. The number of nitrogens with one attached hydrogen (secondary N) is 3. The second-order valence-corrected chi connectivity index (χ2v) is 6.44. The van der Waals surface area contributed by atoms with Crippen LogP contribution in [0.5, 0.6) is 0 Å². The monoisotopic (exact) mass is 450 g/mol. The van der Waals surface area contributed by atoms with E-state index in [1.807, 2.05) is 13.8 Å². The second-order valence-electron chi connectivity index (χ2n) is 4.61. The molecule has 0 aliphatic carbocycles. The molecular formula is C13H31IN4O3S. The van der Waals surface area contributed by atoms with Crippen LogP contribution in [-0.2, 0) is 14.8 Å². The molecular weight excluding hydrogens is 419 g/mol. The van der Waals surface area contributed by atoms with Crippen LogP contribution in [0, 0.1) is 0 Å². The number of hydrogen-bond donors (Lipinski definition) is 3. The molecule has 9 heteroatoms. The quantitative estimate of drug-likeness (QED) is 0.178. The van der Waals surface area contributed by atoms with E-state index < -0.39 is 10.0 Å². The van der Waals surface area contributed by atoms with E-state index in [1.165, 1.54) is 0 Å². The normalized spacial score (nSPS) is 11.9. The van der Waals surface area contributed by atoms with Crippen LogP contribution in [0.4, 0.5) is 0 Å². The average molecular weight is 450 g/mol. The minimum Gasteiger partial charge on any atom is -0.382 e. The predicted molar refractivity (Wildman–Crippen MR) is 103 cm³/mol. The summed E-state index contributed by atoms with van der Waals surface area (Å²) in [7, 11) is -3.10. The molecule has 0 aromatic rings. The number of aliphatic imine (C=N–C) groups is 1. The number of guanidine groups is 1. The molecule has 134 valence electrons. The first-order valence-corrected chi connectivity index (χ1v) is 9.43. The molecule has 7 nitrogen and oxygen atoms in total.